The van der Waals surface area contributed by atoms with E-state index in [1.807, 2.05) is 30.3 Å². The molecule has 6 nitrogen and oxygen atoms in total. The lowest BCUT2D eigenvalue weighted by Gasteiger charge is -2.34. The first kappa shape index (κ1) is 22.0. The molecule has 166 valence electrons. The summed E-state index contributed by atoms with van der Waals surface area (Å²) in [5.41, 5.74) is 0.642. The number of hydrogen-bond acceptors (Lipinski definition) is 4. The molecule has 1 aliphatic heterocycles. The molecular formula is C25H26N2O4S. The molecule has 0 aliphatic carbocycles. The first-order valence-corrected chi connectivity index (χ1v) is 12.2. The fourth-order valence-corrected chi connectivity index (χ4v) is 5.59. The van der Waals surface area contributed by atoms with Crippen LogP contribution in [0.3, 0.4) is 0 Å². The van der Waals surface area contributed by atoms with Gasteiger partial charge in [-0.15, -0.1) is 0 Å². The van der Waals surface area contributed by atoms with Crippen LogP contribution in [0.2, 0.25) is 0 Å². The van der Waals surface area contributed by atoms with E-state index in [1.54, 1.807) is 54.6 Å². The minimum atomic E-state index is -3.63. The van der Waals surface area contributed by atoms with E-state index in [0.29, 0.717) is 24.4 Å². The second-order valence-corrected chi connectivity index (χ2v) is 9.66. The minimum absolute atomic E-state index is 0.119. The maximum atomic E-state index is 13.1. The number of nitrogens with one attached hydrogen (secondary N) is 1. The molecule has 4 rings (SSSR count). The van der Waals surface area contributed by atoms with Crippen molar-refractivity contribution in [3.8, 4) is 11.5 Å². The van der Waals surface area contributed by atoms with Crippen LogP contribution in [0.15, 0.2) is 89.8 Å². The molecule has 32 heavy (non-hydrogen) atoms. The highest BCUT2D eigenvalue weighted by molar-refractivity contribution is 7.89. The molecule has 1 N–H and O–H groups in total. The molecule has 0 bridgehead atoms. The molecule has 3 aromatic carbocycles. The molecule has 1 amide bonds. The third-order valence-electron chi connectivity index (χ3n) is 5.46. The van der Waals surface area contributed by atoms with Crippen LogP contribution in [-0.4, -0.2) is 31.2 Å². The number of piperidine rings is 1. The molecule has 0 saturated carbocycles. The number of amides is 1. The van der Waals surface area contributed by atoms with Crippen LogP contribution < -0.4 is 10.1 Å². The smallest absolute Gasteiger partial charge is 0.243 e. The number of anilines is 1. The van der Waals surface area contributed by atoms with Crippen molar-refractivity contribution in [3.05, 3.63) is 84.9 Å². The van der Waals surface area contributed by atoms with Crippen molar-refractivity contribution >= 4 is 21.6 Å². The molecule has 3 aromatic rings. The van der Waals surface area contributed by atoms with Gasteiger partial charge in [0.25, 0.3) is 0 Å². The van der Waals surface area contributed by atoms with Gasteiger partial charge in [0.15, 0.2) is 0 Å². The highest BCUT2D eigenvalue weighted by Gasteiger charge is 2.34. The van der Waals surface area contributed by atoms with Crippen molar-refractivity contribution in [1.29, 1.82) is 0 Å². The predicted octanol–water partition coefficient (Wildman–Crippen LogP) is 5.05. The summed E-state index contributed by atoms with van der Waals surface area (Å²) in [6.45, 7) is 0.431. The topological polar surface area (TPSA) is 75.7 Å². The lowest BCUT2D eigenvalue weighted by Crippen LogP contribution is -2.45. The molecular weight excluding hydrogens is 424 g/mol. The Morgan fingerprint density at radius 1 is 0.875 bits per heavy atom. The zero-order valence-electron chi connectivity index (χ0n) is 17.7. The van der Waals surface area contributed by atoms with E-state index in [9.17, 15) is 13.2 Å². The number of ether oxygens (including phenoxy) is 1. The van der Waals surface area contributed by atoms with Gasteiger partial charge in [-0.3, -0.25) is 4.79 Å². The van der Waals surface area contributed by atoms with Gasteiger partial charge in [0, 0.05) is 24.7 Å². The minimum Gasteiger partial charge on any atom is -0.457 e. The summed E-state index contributed by atoms with van der Waals surface area (Å²) >= 11 is 0. The Morgan fingerprint density at radius 3 is 2.19 bits per heavy atom. The van der Waals surface area contributed by atoms with Crippen LogP contribution in [0.5, 0.6) is 11.5 Å². The molecule has 1 heterocycles. The lowest BCUT2D eigenvalue weighted by molar-refractivity contribution is -0.117. The molecule has 1 unspecified atom stereocenters. The van der Waals surface area contributed by atoms with Crippen molar-refractivity contribution in [2.75, 3.05) is 11.9 Å². The Hall–Kier alpha value is -3.16. The summed E-state index contributed by atoms with van der Waals surface area (Å²) in [5, 5.41) is 2.88. The standard InChI is InChI=1S/C25H26N2O4S/c28-25(26-20-14-16-23(17-15-20)31-22-10-3-1-4-11-22)19-21-9-7-8-18-27(21)32(29,30)24-12-5-2-6-13-24/h1-6,10-17,21H,7-9,18-19H2,(H,26,28). The average Bonchev–Trinajstić information content (AvgIpc) is 2.82. The van der Waals surface area contributed by atoms with Crippen molar-refractivity contribution in [3.63, 3.8) is 0 Å². The van der Waals surface area contributed by atoms with E-state index in [4.69, 9.17) is 4.74 Å². The molecule has 1 saturated heterocycles. The number of para-hydroxylation sites is 1. The number of sulfonamides is 1. The van der Waals surface area contributed by atoms with E-state index in [-0.39, 0.29) is 23.3 Å². The number of rotatable bonds is 7. The van der Waals surface area contributed by atoms with E-state index >= 15 is 0 Å². The summed E-state index contributed by atoms with van der Waals surface area (Å²) in [5.74, 6) is 1.20. The van der Waals surface area contributed by atoms with E-state index < -0.39 is 10.0 Å². The lowest BCUT2D eigenvalue weighted by atomic mass is 10.0. The second-order valence-electron chi connectivity index (χ2n) is 7.77. The number of hydrogen-bond donors (Lipinski definition) is 1. The van der Waals surface area contributed by atoms with Crippen LogP contribution in [0.4, 0.5) is 5.69 Å². The first-order valence-electron chi connectivity index (χ1n) is 10.7. The van der Waals surface area contributed by atoms with E-state index in [1.165, 1.54) is 4.31 Å². The zero-order valence-corrected chi connectivity index (χ0v) is 18.5. The van der Waals surface area contributed by atoms with Gasteiger partial charge >= 0.3 is 0 Å². The molecule has 1 atom stereocenters. The van der Waals surface area contributed by atoms with Gasteiger partial charge in [-0.25, -0.2) is 8.42 Å². The normalized spacial score (nSPS) is 16.9. The Morgan fingerprint density at radius 2 is 1.50 bits per heavy atom. The molecule has 7 heteroatoms. The summed E-state index contributed by atoms with van der Waals surface area (Å²) in [6.07, 6.45) is 2.50. The Labute approximate surface area is 188 Å². The van der Waals surface area contributed by atoms with Crippen molar-refractivity contribution in [1.82, 2.24) is 4.31 Å². The fraction of sp³-hybridized carbons (Fsp3) is 0.240. The van der Waals surface area contributed by atoms with Gasteiger partial charge in [0.1, 0.15) is 11.5 Å². The monoisotopic (exact) mass is 450 g/mol. The highest BCUT2D eigenvalue weighted by Crippen LogP contribution is 2.28. The molecule has 0 radical (unpaired) electrons. The number of carbonyl (C=O) groups is 1. The van der Waals surface area contributed by atoms with Crippen molar-refractivity contribution in [2.24, 2.45) is 0 Å². The Balaban J connectivity index is 1.39. The van der Waals surface area contributed by atoms with Crippen LogP contribution in [0.1, 0.15) is 25.7 Å². The molecule has 0 aromatic heterocycles. The van der Waals surface area contributed by atoms with Crippen LogP contribution in [-0.2, 0) is 14.8 Å². The number of carbonyl (C=O) groups excluding carboxylic acids is 1. The highest BCUT2D eigenvalue weighted by atomic mass is 32.2. The van der Waals surface area contributed by atoms with Crippen molar-refractivity contribution < 1.29 is 17.9 Å². The third kappa shape index (κ3) is 5.36. The predicted molar refractivity (Wildman–Crippen MR) is 124 cm³/mol. The van der Waals surface area contributed by atoms with E-state index in [0.717, 1.165) is 18.6 Å². The fourth-order valence-electron chi connectivity index (χ4n) is 3.88. The average molecular weight is 451 g/mol. The maximum Gasteiger partial charge on any atom is 0.243 e. The summed E-state index contributed by atoms with van der Waals surface area (Å²) in [7, 11) is -3.63. The van der Waals surface area contributed by atoms with Gasteiger partial charge in [-0.1, -0.05) is 42.8 Å². The van der Waals surface area contributed by atoms with Gasteiger partial charge in [0.05, 0.1) is 4.90 Å². The van der Waals surface area contributed by atoms with Crippen molar-refractivity contribution in [2.45, 2.75) is 36.6 Å². The maximum absolute atomic E-state index is 13.1. The second kappa shape index (κ2) is 9.97. The van der Waals surface area contributed by atoms with Gasteiger partial charge in [-0.05, 0) is 61.4 Å². The molecule has 1 fully saturated rings. The summed E-state index contributed by atoms with van der Waals surface area (Å²) < 4.78 is 33.5. The SMILES string of the molecule is O=C(CC1CCCCN1S(=O)(=O)c1ccccc1)Nc1ccc(Oc2ccccc2)cc1. The van der Waals surface area contributed by atoms with Gasteiger partial charge in [-0.2, -0.15) is 4.31 Å². The Bertz CT molecular complexity index is 1130. The third-order valence-corrected chi connectivity index (χ3v) is 7.43. The van der Waals surface area contributed by atoms with Gasteiger partial charge in [0.2, 0.25) is 15.9 Å². The summed E-state index contributed by atoms with van der Waals surface area (Å²) in [4.78, 5) is 13.0. The van der Waals surface area contributed by atoms with Crippen LogP contribution in [0.25, 0.3) is 0 Å². The molecule has 0 spiro atoms. The van der Waals surface area contributed by atoms with Crippen LogP contribution in [0, 0.1) is 0 Å². The van der Waals surface area contributed by atoms with E-state index in [2.05, 4.69) is 5.32 Å². The van der Waals surface area contributed by atoms with Gasteiger partial charge < -0.3 is 10.1 Å². The Kier molecular flexibility index (Phi) is 6.87. The summed E-state index contributed by atoms with van der Waals surface area (Å²) in [6, 6.07) is 24.6. The zero-order chi connectivity index (χ0) is 22.4. The first-order chi connectivity index (χ1) is 15.5. The number of benzene rings is 3. The van der Waals surface area contributed by atoms with Crippen LogP contribution >= 0.6 is 0 Å². The largest absolute Gasteiger partial charge is 0.457 e. The quantitative estimate of drug-likeness (QED) is 0.546. The number of nitrogens with zero attached hydrogens (tertiary/aromatic N) is 1. The molecule has 1 aliphatic rings.